The van der Waals surface area contributed by atoms with Crippen LogP contribution in [-0.4, -0.2) is 4.57 Å². The minimum Gasteiger partial charge on any atom is -0.311 e. The maximum Gasteiger partial charge on any atom is 0.200 e. The lowest BCUT2D eigenvalue weighted by Gasteiger charge is -2.26. The van der Waals surface area contributed by atoms with E-state index < -0.39 is 69.3 Å². The van der Waals surface area contributed by atoms with Crippen molar-refractivity contribution in [2.75, 3.05) is 4.90 Å². The first-order valence-electron chi connectivity index (χ1n) is 19.6. The summed E-state index contributed by atoms with van der Waals surface area (Å²) in [5.74, 6) is -21.1. The highest BCUT2D eigenvalue weighted by Crippen LogP contribution is 2.41. The van der Waals surface area contributed by atoms with Gasteiger partial charge in [0.05, 0.1) is 22.2 Å². The summed E-state index contributed by atoms with van der Waals surface area (Å²) in [5, 5.41) is 4.28. The molecule has 0 aliphatic carbocycles. The quantitative estimate of drug-likeness (QED) is 0.0880. The molecule has 12 heteroatoms. The zero-order chi connectivity index (χ0) is 44.6. The number of fused-ring (bicyclic) bond motifs is 4. The van der Waals surface area contributed by atoms with Gasteiger partial charge in [-0.2, -0.15) is 0 Å². The Morgan fingerprint density at radius 3 is 1.22 bits per heavy atom. The van der Waals surface area contributed by atoms with Gasteiger partial charge in [0.1, 0.15) is 0 Å². The van der Waals surface area contributed by atoms with Gasteiger partial charge in [0, 0.05) is 33.5 Å². The van der Waals surface area contributed by atoms with Gasteiger partial charge in [-0.05, 0) is 99.8 Å². The fraction of sp³-hybridized carbons (Fsp3) is 0. The summed E-state index contributed by atoms with van der Waals surface area (Å²) in [6.45, 7) is 0. The van der Waals surface area contributed by atoms with Gasteiger partial charge in [0.2, 0.25) is 11.6 Å². The molecule has 0 amide bonds. The maximum atomic E-state index is 14.8. The molecule has 0 saturated heterocycles. The van der Waals surface area contributed by atoms with Gasteiger partial charge < -0.3 is 9.47 Å². The molecule has 0 atom stereocenters. The summed E-state index contributed by atoms with van der Waals surface area (Å²) in [6.07, 6.45) is 0. The fourth-order valence-electron chi connectivity index (χ4n) is 8.27. The molecule has 10 rings (SSSR count). The first-order valence-corrected chi connectivity index (χ1v) is 19.6. The number of hydrogen-bond donors (Lipinski definition) is 0. The molecule has 0 radical (unpaired) electrons. The second-order valence-corrected chi connectivity index (χ2v) is 15.0. The van der Waals surface area contributed by atoms with E-state index in [4.69, 9.17) is 0 Å². The minimum absolute atomic E-state index is 0.298. The number of halogens is 10. The molecule has 0 spiro atoms. The van der Waals surface area contributed by atoms with Crippen molar-refractivity contribution in [2.24, 2.45) is 0 Å². The molecule has 314 valence electrons. The number of nitrogens with zero attached hydrogens (tertiary/aromatic N) is 2. The Bertz CT molecular complexity index is 3320. The molecule has 9 aromatic carbocycles. The largest absolute Gasteiger partial charge is 0.311 e. The molecule has 0 aliphatic rings. The average molecular weight is 869 g/mol. The van der Waals surface area contributed by atoms with Crippen LogP contribution in [0.15, 0.2) is 158 Å². The Kier molecular flexibility index (Phi) is 9.74. The Morgan fingerprint density at radius 1 is 0.297 bits per heavy atom. The lowest BCUT2D eigenvalue weighted by atomic mass is 10.0. The van der Waals surface area contributed by atoms with E-state index in [2.05, 4.69) is 59.2 Å². The molecule has 10 aromatic rings. The molecule has 0 saturated carbocycles. The van der Waals surface area contributed by atoms with E-state index in [1.54, 1.807) is 17.0 Å². The van der Waals surface area contributed by atoms with E-state index in [0.29, 0.717) is 17.1 Å². The lowest BCUT2D eigenvalue weighted by molar-refractivity contribution is 0.381. The van der Waals surface area contributed by atoms with Crippen LogP contribution in [0.4, 0.5) is 61.0 Å². The van der Waals surface area contributed by atoms with Crippen molar-refractivity contribution in [1.82, 2.24) is 4.57 Å². The smallest absolute Gasteiger partial charge is 0.200 e. The number of anilines is 3. The average Bonchev–Trinajstić information content (AvgIpc) is 3.66. The molecule has 0 aliphatic heterocycles. The van der Waals surface area contributed by atoms with Crippen molar-refractivity contribution in [3.05, 3.63) is 216 Å². The summed E-state index contributed by atoms with van der Waals surface area (Å²) in [7, 11) is 0. The standard InChI is InChI=1S/C52H26F10N2/c53-43-41(44(54)48(58)51(61)47(43)57)29-12-19-34(20-13-29)63(35-21-14-30(15-22-35)42-45(55)49(59)52(62)50(60)46(42)56)33-17-9-28(10-18-33)32-16-24-40-38(26-32)37-7-3-4-8-39(37)64(40)36-23-11-27-5-1-2-6-31(27)25-36/h1-26H. The van der Waals surface area contributed by atoms with Gasteiger partial charge in [-0.3, -0.25) is 0 Å². The molecule has 1 heterocycles. The van der Waals surface area contributed by atoms with Gasteiger partial charge in [-0.25, -0.2) is 43.9 Å². The molecular weight excluding hydrogens is 843 g/mol. The number of rotatable bonds is 7. The number of aromatic nitrogens is 1. The fourth-order valence-corrected chi connectivity index (χ4v) is 8.27. The van der Waals surface area contributed by atoms with Crippen LogP contribution in [0.3, 0.4) is 0 Å². The van der Waals surface area contributed by atoms with Crippen molar-refractivity contribution in [1.29, 1.82) is 0 Å². The van der Waals surface area contributed by atoms with E-state index in [-0.39, 0.29) is 11.1 Å². The van der Waals surface area contributed by atoms with Crippen LogP contribution in [0.5, 0.6) is 0 Å². The predicted octanol–water partition coefficient (Wildman–Crippen LogP) is 15.8. The molecule has 2 nitrogen and oxygen atoms in total. The molecule has 64 heavy (non-hydrogen) atoms. The molecule has 0 fully saturated rings. The minimum atomic E-state index is -2.30. The zero-order valence-electron chi connectivity index (χ0n) is 32.7. The highest BCUT2D eigenvalue weighted by atomic mass is 19.2. The highest BCUT2D eigenvalue weighted by molar-refractivity contribution is 6.10. The van der Waals surface area contributed by atoms with Crippen LogP contribution in [-0.2, 0) is 0 Å². The second kappa shape index (κ2) is 15.5. The van der Waals surface area contributed by atoms with E-state index in [0.717, 1.165) is 73.7 Å². The third kappa shape index (κ3) is 6.43. The summed E-state index contributed by atoms with van der Waals surface area (Å²) in [4.78, 5) is 1.61. The Balaban J connectivity index is 1.06. The summed E-state index contributed by atoms with van der Waals surface area (Å²) in [6, 6.07) is 46.0. The Morgan fingerprint density at radius 2 is 0.703 bits per heavy atom. The monoisotopic (exact) mass is 868 g/mol. The third-order valence-corrected chi connectivity index (χ3v) is 11.4. The van der Waals surface area contributed by atoms with Crippen molar-refractivity contribution < 1.29 is 43.9 Å². The first-order chi connectivity index (χ1) is 30.9. The van der Waals surface area contributed by atoms with Crippen molar-refractivity contribution >= 4 is 49.6 Å². The van der Waals surface area contributed by atoms with Gasteiger partial charge in [-0.15, -0.1) is 0 Å². The predicted molar refractivity (Wildman–Crippen MR) is 229 cm³/mol. The highest BCUT2D eigenvalue weighted by Gasteiger charge is 2.28. The van der Waals surface area contributed by atoms with Crippen LogP contribution >= 0.6 is 0 Å². The van der Waals surface area contributed by atoms with Gasteiger partial charge in [0.25, 0.3) is 0 Å². The van der Waals surface area contributed by atoms with Crippen LogP contribution in [0.1, 0.15) is 0 Å². The van der Waals surface area contributed by atoms with E-state index >= 15 is 0 Å². The summed E-state index contributed by atoms with van der Waals surface area (Å²) < 4.78 is 146. The van der Waals surface area contributed by atoms with Gasteiger partial charge in [0.15, 0.2) is 46.5 Å². The normalized spacial score (nSPS) is 11.6. The van der Waals surface area contributed by atoms with Crippen LogP contribution < -0.4 is 4.90 Å². The Labute approximate surface area is 357 Å². The van der Waals surface area contributed by atoms with E-state index in [1.807, 2.05) is 42.5 Å². The van der Waals surface area contributed by atoms with Gasteiger partial charge in [-0.1, -0.05) is 91.0 Å². The Hall–Kier alpha value is -7.86. The van der Waals surface area contributed by atoms with Crippen LogP contribution in [0, 0.1) is 58.2 Å². The van der Waals surface area contributed by atoms with Gasteiger partial charge >= 0.3 is 0 Å². The van der Waals surface area contributed by atoms with Crippen molar-refractivity contribution in [3.8, 4) is 39.1 Å². The summed E-state index contributed by atoms with van der Waals surface area (Å²) >= 11 is 0. The molecular formula is C52H26F10N2. The van der Waals surface area contributed by atoms with Crippen molar-refractivity contribution in [3.63, 3.8) is 0 Å². The third-order valence-electron chi connectivity index (χ3n) is 11.4. The van der Waals surface area contributed by atoms with Crippen LogP contribution in [0.2, 0.25) is 0 Å². The van der Waals surface area contributed by atoms with Crippen LogP contribution in [0.25, 0.3) is 71.6 Å². The second-order valence-electron chi connectivity index (χ2n) is 15.0. The lowest BCUT2D eigenvalue weighted by Crippen LogP contribution is -2.10. The zero-order valence-corrected chi connectivity index (χ0v) is 32.7. The maximum absolute atomic E-state index is 14.8. The summed E-state index contributed by atoms with van der Waals surface area (Å²) in [5.41, 5.74) is 2.86. The number of benzene rings is 9. The molecule has 1 aromatic heterocycles. The molecule has 0 bridgehead atoms. The topological polar surface area (TPSA) is 8.17 Å². The first kappa shape index (κ1) is 40.2. The number of hydrogen-bond acceptors (Lipinski definition) is 1. The van der Waals surface area contributed by atoms with E-state index in [1.165, 1.54) is 24.3 Å². The van der Waals surface area contributed by atoms with E-state index in [9.17, 15) is 43.9 Å². The van der Waals surface area contributed by atoms with Crippen molar-refractivity contribution in [2.45, 2.75) is 0 Å². The molecule has 0 unspecified atom stereocenters. The SMILES string of the molecule is Fc1c(F)c(F)c(-c2ccc(N(c3ccc(-c4ccc5c(c4)c4ccccc4n5-c4ccc5ccccc5c4)cc3)c3ccc(-c4c(F)c(F)c(F)c(F)c4F)cc3)cc2)c(F)c1F. The number of para-hydroxylation sites is 1. The molecule has 0 N–H and O–H groups in total.